The molecule has 32 heavy (non-hydrogen) atoms. The molecule has 0 radical (unpaired) electrons. The Bertz CT molecular complexity index is 1190. The van der Waals surface area contributed by atoms with E-state index >= 15 is 0 Å². The maximum absolute atomic E-state index is 12.6. The number of nitrogens with one attached hydrogen (secondary N) is 1. The van der Waals surface area contributed by atoms with E-state index in [2.05, 4.69) is 17.4 Å². The van der Waals surface area contributed by atoms with Crippen LogP contribution in [0.2, 0.25) is 10.0 Å². The number of hydrogen-bond donors (Lipinski definition) is 1. The molecule has 0 bridgehead atoms. The van der Waals surface area contributed by atoms with Crippen LogP contribution in [0.1, 0.15) is 44.3 Å². The summed E-state index contributed by atoms with van der Waals surface area (Å²) in [7, 11) is 1.36. The third-order valence-electron chi connectivity index (χ3n) is 5.53. The summed E-state index contributed by atoms with van der Waals surface area (Å²) in [5.74, 6) is -0.366. The minimum Gasteiger partial charge on any atom is -0.465 e. The third-order valence-corrected chi connectivity index (χ3v) is 7.44. The second-order valence-corrected chi connectivity index (χ2v) is 9.47. The molecule has 1 heterocycles. The van der Waals surface area contributed by atoms with E-state index in [1.807, 2.05) is 18.2 Å². The fraction of sp³-hybridized carbons (Fsp3) is 0.200. The van der Waals surface area contributed by atoms with Gasteiger partial charge in [-0.1, -0.05) is 59.6 Å². The summed E-state index contributed by atoms with van der Waals surface area (Å²) in [5.41, 5.74) is 3.49. The molecule has 0 saturated carbocycles. The molecule has 7 heteroatoms. The van der Waals surface area contributed by atoms with Crippen molar-refractivity contribution < 1.29 is 14.3 Å². The summed E-state index contributed by atoms with van der Waals surface area (Å²) < 4.78 is 5.02. The van der Waals surface area contributed by atoms with Crippen molar-refractivity contribution in [3.8, 4) is 0 Å². The highest BCUT2D eigenvalue weighted by molar-refractivity contribution is 7.17. The molecule has 1 N–H and O–H groups in total. The van der Waals surface area contributed by atoms with Crippen LogP contribution in [0.5, 0.6) is 0 Å². The van der Waals surface area contributed by atoms with E-state index in [1.54, 1.807) is 24.3 Å². The Labute approximate surface area is 200 Å². The molecular weight excluding hydrogens is 465 g/mol. The number of carbonyl (C=O) groups excluding carboxylic acids is 2. The Balaban J connectivity index is 1.56. The monoisotopic (exact) mass is 485 g/mol. The van der Waals surface area contributed by atoms with E-state index < -0.39 is 5.97 Å². The molecule has 4 rings (SSSR count). The number of fused-ring (bicyclic) bond motifs is 1. The molecule has 164 valence electrons. The molecule has 2 aromatic carbocycles. The van der Waals surface area contributed by atoms with Gasteiger partial charge in [-0.05, 0) is 60.1 Å². The minimum absolute atomic E-state index is 0.334. The van der Waals surface area contributed by atoms with Gasteiger partial charge in [0.1, 0.15) is 5.00 Å². The first-order chi connectivity index (χ1) is 15.5. The number of hydrogen-bond acceptors (Lipinski definition) is 4. The number of carbonyl (C=O) groups is 2. The second kappa shape index (κ2) is 9.90. The molecule has 0 unspecified atom stereocenters. The predicted molar refractivity (Wildman–Crippen MR) is 131 cm³/mol. The van der Waals surface area contributed by atoms with Gasteiger partial charge in [-0.2, -0.15) is 0 Å². The van der Waals surface area contributed by atoms with E-state index in [4.69, 9.17) is 27.9 Å². The lowest BCUT2D eigenvalue weighted by Gasteiger charge is -2.22. The summed E-state index contributed by atoms with van der Waals surface area (Å²) in [6.07, 6.45) is 5.61. The predicted octanol–water partition coefficient (Wildman–Crippen LogP) is 6.77. The van der Waals surface area contributed by atoms with Gasteiger partial charge in [-0.3, -0.25) is 4.79 Å². The van der Waals surface area contributed by atoms with Gasteiger partial charge in [-0.15, -0.1) is 11.3 Å². The van der Waals surface area contributed by atoms with Crippen LogP contribution < -0.4 is 5.32 Å². The first-order valence-electron chi connectivity index (χ1n) is 10.2. The van der Waals surface area contributed by atoms with Gasteiger partial charge in [0.2, 0.25) is 5.91 Å². The molecule has 0 spiro atoms. The van der Waals surface area contributed by atoms with Gasteiger partial charge in [0, 0.05) is 11.0 Å². The van der Waals surface area contributed by atoms with E-state index in [9.17, 15) is 9.59 Å². The number of benzene rings is 2. The lowest BCUT2D eigenvalue weighted by molar-refractivity contribution is -0.111. The van der Waals surface area contributed by atoms with Crippen LogP contribution in [-0.2, 0) is 22.4 Å². The van der Waals surface area contributed by atoms with Gasteiger partial charge < -0.3 is 10.1 Å². The summed E-state index contributed by atoms with van der Waals surface area (Å²) in [6, 6.07) is 15.5. The highest BCUT2D eigenvalue weighted by Gasteiger charge is 2.30. The maximum atomic E-state index is 12.6. The molecular formula is C25H21Cl2NO3S. The molecule has 1 aliphatic carbocycles. The first-order valence-corrected chi connectivity index (χ1v) is 11.8. The smallest absolute Gasteiger partial charge is 0.341 e. The van der Waals surface area contributed by atoms with Gasteiger partial charge in [0.25, 0.3) is 0 Å². The van der Waals surface area contributed by atoms with Crippen LogP contribution in [0, 0.1) is 0 Å². The van der Waals surface area contributed by atoms with Crippen LogP contribution in [-0.4, -0.2) is 19.0 Å². The summed E-state index contributed by atoms with van der Waals surface area (Å²) >= 11 is 13.4. The normalized spacial score (nSPS) is 15.4. The minimum atomic E-state index is -0.426. The zero-order valence-electron chi connectivity index (χ0n) is 17.4. The molecule has 0 saturated heterocycles. The van der Waals surface area contributed by atoms with Crippen molar-refractivity contribution >= 4 is 57.5 Å². The molecule has 3 aromatic rings. The Morgan fingerprint density at radius 2 is 1.91 bits per heavy atom. The van der Waals surface area contributed by atoms with Gasteiger partial charge in [0.15, 0.2) is 0 Å². The lowest BCUT2D eigenvalue weighted by Crippen LogP contribution is -2.15. The number of amides is 1. The van der Waals surface area contributed by atoms with Gasteiger partial charge >= 0.3 is 5.97 Å². The summed E-state index contributed by atoms with van der Waals surface area (Å²) in [6.45, 7) is 0. The summed E-state index contributed by atoms with van der Waals surface area (Å²) in [5, 5.41) is 4.26. The molecule has 1 amide bonds. The summed E-state index contributed by atoms with van der Waals surface area (Å²) in [4.78, 5) is 26.3. The van der Waals surface area contributed by atoms with Crippen molar-refractivity contribution in [3.05, 3.63) is 91.8 Å². The number of rotatable bonds is 5. The van der Waals surface area contributed by atoms with Crippen LogP contribution in [0.4, 0.5) is 5.00 Å². The van der Waals surface area contributed by atoms with Crippen LogP contribution in [0.25, 0.3) is 6.08 Å². The van der Waals surface area contributed by atoms with E-state index in [0.717, 1.165) is 35.3 Å². The zero-order valence-corrected chi connectivity index (χ0v) is 19.7. The quantitative estimate of drug-likeness (QED) is 0.320. The lowest BCUT2D eigenvalue weighted by atomic mass is 9.83. The first kappa shape index (κ1) is 22.6. The van der Waals surface area contributed by atoms with Crippen molar-refractivity contribution in [2.24, 2.45) is 0 Å². The molecule has 1 aromatic heterocycles. The van der Waals surface area contributed by atoms with Crippen LogP contribution in [0.3, 0.4) is 0 Å². The Morgan fingerprint density at radius 1 is 1.12 bits per heavy atom. The third kappa shape index (κ3) is 4.90. The average molecular weight is 486 g/mol. The Morgan fingerprint density at radius 3 is 2.62 bits per heavy atom. The van der Waals surface area contributed by atoms with Crippen molar-refractivity contribution in [1.29, 1.82) is 0 Å². The number of anilines is 1. The highest BCUT2D eigenvalue weighted by atomic mass is 35.5. The number of esters is 1. The maximum Gasteiger partial charge on any atom is 0.341 e. The molecule has 4 nitrogen and oxygen atoms in total. The molecule has 0 aliphatic heterocycles. The van der Waals surface area contributed by atoms with Gasteiger partial charge in [-0.25, -0.2) is 4.79 Å². The molecule has 1 aliphatic rings. The van der Waals surface area contributed by atoms with E-state index in [-0.39, 0.29) is 5.91 Å². The highest BCUT2D eigenvalue weighted by Crippen LogP contribution is 2.42. The topological polar surface area (TPSA) is 55.4 Å². The van der Waals surface area contributed by atoms with Crippen LogP contribution >= 0.6 is 34.5 Å². The zero-order chi connectivity index (χ0) is 22.7. The van der Waals surface area contributed by atoms with Crippen molar-refractivity contribution in [2.75, 3.05) is 12.4 Å². The fourth-order valence-electron chi connectivity index (χ4n) is 3.94. The number of halogens is 2. The van der Waals surface area contributed by atoms with Crippen LogP contribution in [0.15, 0.2) is 54.6 Å². The fourth-order valence-corrected chi connectivity index (χ4v) is 5.57. The van der Waals surface area contributed by atoms with Crippen molar-refractivity contribution in [1.82, 2.24) is 0 Å². The van der Waals surface area contributed by atoms with Crippen molar-refractivity contribution in [3.63, 3.8) is 0 Å². The average Bonchev–Trinajstić information content (AvgIpc) is 3.16. The Kier molecular flexibility index (Phi) is 6.99. The molecule has 1 atom stereocenters. The van der Waals surface area contributed by atoms with Gasteiger partial charge in [0.05, 0.1) is 22.7 Å². The number of thiophene rings is 1. The Hall–Kier alpha value is -2.60. The standard InChI is InChI=1S/C25H21Cl2NO3S/c1-31-25(30)23-18-10-9-17(16-5-3-2-4-6-16)14-21(18)32-24(23)28-22(29)12-8-15-7-11-19(26)20(27)13-15/h2-8,11-13,17H,9-10,14H2,1H3,(H,28,29)/b12-8+/t17-/m1/s1. The van der Waals surface area contributed by atoms with E-state index in [0.29, 0.717) is 26.5 Å². The van der Waals surface area contributed by atoms with E-state index in [1.165, 1.54) is 30.1 Å². The van der Waals surface area contributed by atoms with Crippen molar-refractivity contribution in [2.45, 2.75) is 25.2 Å². The SMILES string of the molecule is COC(=O)c1c(NC(=O)/C=C/c2ccc(Cl)c(Cl)c2)sc2c1CC[C@@H](c1ccccc1)C2. The largest absolute Gasteiger partial charge is 0.465 e. The number of methoxy groups -OCH3 is 1. The number of ether oxygens (including phenoxy) is 1. The molecule has 0 fully saturated rings. The second-order valence-electron chi connectivity index (χ2n) is 7.55.